The first-order valence-electron chi connectivity index (χ1n) is 4.84. The van der Waals surface area contributed by atoms with E-state index in [1.807, 2.05) is 0 Å². The van der Waals surface area contributed by atoms with Gasteiger partial charge in [0.15, 0.2) is 12.6 Å². The number of aliphatic hydroxyl groups is 3. The Hall–Kier alpha value is -0.730. The third kappa shape index (κ3) is 5.38. The molecule has 96 valence electrons. The number of methoxy groups -OCH3 is 1. The highest BCUT2D eigenvalue weighted by atomic mass is 16.7. The van der Waals surface area contributed by atoms with Crippen LogP contribution in [0.25, 0.3) is 0 Å². The quantitative estimate of drug-likeness (QED) is 0.388. The molecule has 0 radical (unpaired) electrons. The van der Waals surface area contributed by atoms with Crippen LogP contribution in [0.2, 0.25) is 0 Å². The van der Waals surface area contributed by atoms with E-state index in [-0.39, 0.29) is 6.61 Å². The number of nitrogens with one attached hydrogen (secondary N) is 1. The maximum absolute atomic E-state index is 10.8. The van der Waals surface area contributed by atoms with E-state index >= 15 is 0 Å². The Balaban J connectivity index is 4.51. The van der Waals surface area contributed by atoms with Gasteiger partial charge in [-0.2, -0.15) is 0 Å². The summed E-state index contributed by atoms with van der Waals surface area (Å²) in [6, 6.07) is -1.11. The van der Waals surface area contributed by atoms with Gasteiger partial charge in [0.1, 0.15) is 6.04 Å². The molecular formula is C9H19NO6. The number of carbonyl (C=O) groups is 1. The average Bonchev–Trinajstić information content (AvgIpc) is 2.21. The Morgan fingerprint density at radius 2 is 2.00 bits per heavy atom. The van der Waals surface area contributed by atoms with Crippen molar-refractivity contribution in [2.75, 3.05) is 13.7 Å². The van der Waals surface area contributed by atoms with Crippen LogP contribution in [-0.4, -0.2) is 59.7 Å². The van der Waals surface area contributed by atoms with Crippen molar-refractivity contribution in [3.63, 3.8) is 0 Å². The summed E-state index contributed by atoms with van der Waals surface area (Å²) in [6.07, 6.45) is -3.41. The van der Waals surface area contributed by atoms with Crippen molar-refractivity contribution in [3.05, 3.63) is 0 Å². The summed E-state index contributed by atoms with van der Waals surface area (Å²) >= 11 is 0. The molecular weight excluding hydrogens is 218 g/mol. The highest BCUT2D eigenvalue weighted by molar-refractivity contribution is 5.73. The standard InChI is InChI=1S/C9H19NO6/c1-5(4-11)16-9(15-3)7(8(13)14)10-6(2)12/h5,7-9,11,13-14H,4H2,1-3H3,(H,10,12)/t5?,7?,9-/m1/s1. The maximum Gasteiger partial charge on any atom is 0.217 e. The monoisotopic (exact) mass is 237 g/mol. The number of hydrogen-bond acceptors (Lipinski definition) is 6. The number of rotatable bonds is 7. The lowest BCUT2D eigenvalue weighted by Gasteiger charge is -2.29. The summed E-state index contributed by atoms with van der Waals surface area (Å²) in [7, 11) is 1.30. The van der Waals surface area contributed by atoms with Crippen LogP contribution in [0.15, 0.2) is 0 Å². The lowest BCUT2D eigenvalue weighted by molar-refractivity contribution is -0.213. The van der Waals surface area contributed by atoms with E-state index in [0.29, 0.717) is 0 Å². The first-order valence-corrected chi connectivity index (χ1v) is 4.84. The Morgan fingerprint density at radius 3 is 2.31 bits per heavy atom. The van der Waals surface area contributed by atoms with Crippen LogP contribution in [0.1, 0.15) is 13.8 Å². The smallest absolute Gasteiger partial charge is 0.217 e. The maximum atomic E-state index is 10.8. The minimum absolute atomic E-state index is 0.242. The van der Waals surface area contributed by atoms with Gasteiger partial charge >= 0.3 is 0 Å². The number of carbonyl (C=O) groups excluding carboxylic acids is 1. The molecule has 0 spiro atoms. The van der Waals surface area contributed by atoms with Gasteiger partial charge in [-0.1, -0.05) is 0 Å². The Bertz CT molecular complexity index is 210. The first kappa shape index (κ1) is 15.3. The summed E-state index contributed by atoms with van der Waals surface area (Å²) < 4.78 is 10.0. The van der Waals surface area contributed by atoms with Crippen molar-refractivity contribution >= 4 is 5.91 Å². The molecule has 0 aliphatic rings. The zero-order valence-electron chi connectivity index (χ0n) is 9.58. The molecule has 2 unspecified atom stereocenters. The minimum atomic E-state index is -1.82. The first-order chi connectivity index (χ1) is 7.42. The van der Waals surface area contributed by atoms with Gasteiger partial charge in [-0.3, -0.25) is 4.79 Å². The Morgan fingerprint density at radius 1 is 1.44 bits per heavy atom. The molecule has 0 rings (SSSR count). The summed E-state index contributed by atoms with van der Waals surface area (Å²) in [5.41, 5.74) is 0. The fraction of sp³-hybridized carbons (Fsp3) is 0.889. The zero-order chi connectivity index (χ0) is 12.7. The normalized spacial score (nSPS) is 16.9. The van der Waals surface area contributed by atoms with Crippen LogP contribution < -0.4 is 5.32 Å². The van der Waals surface area contributed by atoms with Gasteiger partial charge < -0.3 is 30.1 Å². The molecule has 0 aromatic carbocycles. The SMILES string of the molecule is CO[C@H](OC(C)CO)C(NC(C)=O)C(O)O. The van der Waals surface area contributed by atoms with Gasteiger partial charge in [0, 0.05) is 14.0 Å². The second kappa shape index (κ2) is 7.53. The van der Waals surface area contributed by atoms with E-state index in [1.165, 1.54) is 14.0 Å². The highest BCUT2D eigenvalue weighted by Crippen LogP contribution is 2.07. The van der Waals surface area contributed by atoms with Crippen LogP contribution in [-0.2, 0) is 14.3 Å². The number of amides is 1. The van der Waals surface area contributed by atoms with E-state index in [4.69, 9.17) is 24.8 Å². The van der Waals surface area contributed by atoms with Crippen molar-refractivity contribution in [1.29, 1.82) is 0 Å². The second-order valence-corrected chi connectivity index (χ2v) is 3.37. The van der Waals surface area contributed by atoms with Crippen LogP contribution >= 0.6 is 0 Å². The highest BCUT2D eigenvalue weighted by Gasteiger charge is 2.30. The summed E-state index contributed by atoms with van der Waals surface area (Å²) in [5.74, 6) is -0.444. The molecule has 4 N–H and O–H groups in total. The summed E-state index contributed by atoms with van der Waals surface area (Å²) in [4.78, 5) is 10.8. The lowest BCUT2D eigenvalue weighted by Crippen LogP contribution is -2.52. The Labute approximate surface area is 94.0 Å². The van der Waals surface area contributed by atoms with E-state index in [0.717, 1.165) is 0 Å². The van der Waals surface area contributed by atoms with Crippen molar-refractivity contribution < 1.29 is 29.6 Å². The van der Waals surface area contributed by atoms with Crippen LogP contribution in [0, 0.1) is 0 Å². The van der Waals surface area contributed by atoms with E-state index in [1.54, 1.807) is 6.92 Å². The molecule has 16 heavy (non-hydrogen) atoms. The molecule has 7 heteroatoms. The van der Waals surface area contributed by atoms with Crippen LogP contribution in [0.3, 0.4) is 0 Å². The fourth-order valence-corrected chi connectivity index (χ4v) is 1.08. The molecule has 7 nitrogen and oxygen atoms in total. The zero-order valence-corrected chi connectivity index (χ0v) is 9.58. The molecule has 0 aromatic rings. The van der Waals surface area contributed by atoms with E-state index < -0.39 is 30.6 Å². The van der Waals surface area contributed by atoms with Gasteiger partial charge in [-0.25, -0.2) is 0 Å². The number of ether oxygens (including phenoxy) is 2. The minimum Gasteiger partial charge on any atom is -0.394 e. The molecule has 3 atom stereocenters. The number of hydrogen-bond donors (Lipinski definition) is 4. The predicted molar refractivity (Wildman–Crippen MR) is 54.3 cm³/mol. The van der Waals surface area contributed by atoms with Gasteiger partial charge in [0.25, 0.3) is 0 Å². The van der Waals surface area contributed by atoms with Gasteiger partial charge in [0.05, 0.1) is 12.7 Å². The molecule has 0 aliphatic heterocycles. The molecule has 0 saturated carbocycles. The van der Waals surface area contributed by atoms with Crippen molar-refractivity contribution in [3.8, 4) is 0 Å². The lowest BCUT2D eigenvalue weighted by atomic mass is 10.2. The molecule has 0 heterocycles. The number of aliphatic hydroxyl groups excluding tert-OH is 2. The van der Waals surface area contributed by atoms with Gasteiger partial charge in [-0.15, -0.1) is 0 Å². The topological polar surface area (TPSA) is 108 Å². The second-order valence-electron chi connectivity index (χ2n) is 3.37. The van der Waals surface area contributed by atoms with E-state index in [9.17, 15) is 4.79 Å². The summed E-state index contributed by atoms with van der Waals surface area (Å²) in [6.45, 7) is 2.58. The van der Waals surface area contributed by atoms with Gasteiger partial charge in [-0.05, 0) is 6.92 Å². The molecule has 0 bridgehead atoms. The molecule has 0 fully saturated rings. The van der Waals surface area contributed by atoms with Crippen molar-refractivity contribution in [2.24, 2.45) is 0 Å². The molecule has 0 aliphatic carbocycles. The predicted octanol–water partition coefficient (Wildman–Crippen LogP) is -1.83. The largest absolute Gasteiger partial charge is 0.394 e. The average molecular weight is 237 g/mol. The van der Waals surface area contributed by atoms with Gasteiger partial charge in [0.2, 0.25) is 5.91 Å². The van der Waals surface area contributed by atoms with Crippen LogP contribution in [0.5, 0.6) is 0 Å². The third-order valence-electron chi connectivity index (χ3n) is 1.84. The van der Waals surface area contributed by atoms with Crippen LogP contribution in [0.4, 0.5) is 0 Å². The van der Waals surface area contributed by atoms with Crippen molar-refractivity contribution in [2.45, 2.75) is 38.6 Å². The summed E-state index contributed by atoms with van der Waals surface area (Å²) in [5, 5.41) is 29.2. The Kier molecular flexibility index (Phi) is 7.18. The molecule has 1 amide bonds. The van der Waals surface area contributed by atoms with Crippen molar-refractivity contribution in [1.82, 2.24) is 5.32 Å². The van der Waals surface area contributed by atoms with E-state index in [2.05, 4.69) is 5.32 Å². The fourth-order valence-electron chi connectivity index (χ4n) is 1.08. The molecule has 0 saturated heterocycles. The molecule has 0 aromatic heterocycles. The third-order valence-corrected chi connectivity index (χ3v) is 1.84.